The van der Waals surface area contributed by atoms with Gasteiger partial charge in [-0.3, -0.25) is 9.69 Å². The number of para-hydroxylation sites is 1. The Hall–Kier alpha value is -2.37. The average Bonchev–Trinajstić information content (AvgIpc) is 3.29. The zero-order valence-corrected chi connectivity index (χ0v) is 17.7. The van der Waals surface area contributed by atoms with Crippen LogP contribution in [0.3, 0.4) is 0 Å². The molecular weight excluding hydrogens is 376 g/mol. The lowest BCUT2D eigenvalue weighted by Crippen LogP contribution is -2.45. The van der Waals surface area contributed by atoms with Gasteiger partial charge in [-0.05, 0) is 49.3 Å². The summed E-state index contributed by atoms with van der Waals surface area (Å²) in [5, 5.41) is 13.4. The second-order valence-corrected chi connectivity index (χ2v) is 8.72. The van der Waals surface area contributed by atoms with Crippen molar-refractivity contribution in [3.63, 3.8) is 0 Å². The molecule has 0 aliphatic carbocycles. The highest BCUT2D eigenvalue weighted by Gasteiger charge is 2.55. The van der Waals surface area contributed by atoms with E-state index in [1.165, 1.54) is 5.56 Å². The van der Waals surface area contributed by atoms with Crippen LogP contribution in [-0.2, 0) is 17.6 Å². The van der Waals surface area contributed by atoms with E-state index in [9.17, 15) is 9.90 Å². The number of hydrogen-bond acceptors (Lipinski definition) is 4. The number of benzene rings is 2. The van der Waals surface area contributed by atoms with Crippen molar-refractivity contribution in [1.82, 2.24) is 10.2 Å². The van der Waals surface area contributed by atoms with Crippen LogP contribution < -0.4 is 10.1 Å². The molecule has 160 valence electrons. The molecule has 2 bridgehead atoms. The van der Waals surface area contributed by atoms with Crippen molar-refractivity contribution in [2.24, 2.45) is 5.41 Å². The summed E-state index contributed by atoms with van der Waals surface area (Å²) in [6.07, 6.45) is 4.77. The molecule has 0 unspecified atom stereocenters. The maximum Gasteiger partial charge on any atom is 0.234 e. The molecule has 2 aromatic carbocycles. The van der Waals surface area contributed by atoms with E-state index in [-0.39, 0.29) is 24.0 Å². The van der Waals surface area contributed by atoms with Crippen LogP contribution >= 0.6 is 0 Å². The van der Waals surface area contributed by atoms with Crippen molar-refractivity contribution >= 4 is 5.91 Å². The van der Waals surface area contributed by atoms with Crippen LogP contribution in [0.1, 0.15) is 30.4 Å². The van der Waals surface area contributed by atoms with E-state index in [0.29, 0.717) is 19.1 Å². The Balaban J connectivity index is 1.34. The normalized spacial score (nSPS) is 25.4. The quantitative estimate of drug-likeness (QED) is 0.670. The van der Waals surface area contributed by atoms with Crippen LogP contribution in [-0.4, -0.2) is 54.8 Å². The molecule has 2 aromatic rings. The van der Waals surface area contributed by atoms with Gasteiger partial charge in [0.15, 0.2) is 0 Å². The van der Waals surface area contributed by atoms with Crippen molar-refractivity contribution in [2.45, 2.75) is 44.2 Å². The molecular formula is C25H32N2O3. The molecule has 5 nitrogen and oxygen atoms in total. The van der Waals surface area contributed by atoms with E-state index in [1.807, 2.05) is 30.3 Å². The van der Waals surface area contributed by atoms with Gasteiger partial charge in [-0.2, -0.15) is 0 Å². The number of carbonyl (C=O) groups is 1. The van der Waals surface area contributed by atoms with Gasteiger partial charge in [0.1, 0.15) is 5.75 Å². The second kappa shape index (κ2) is 9.19. The number of hydrogen-bond donors (Lipinski definition) is 2. The lowest BCUT2D eigenvalue weighted by Gasteiger charge is -2.36. The zero-order chi connectivity index (χ0) is 21.0. The van der Waals surface area contributed by atoms with Crippen molar-refractivity contribution in [2.75, 3.05) is 26.8 Å². The summed E-state index contributed by atoms with van der Waals surface area (Å²) in [7, 11) is 1.67. The number of methoxy groups -OCH3 is 1. The third-order valence-corrected chi connectivity index (χ3v) is 6.94. The maximum atomic E-state index is 12.7. The minimum absolute atomic E-state index is 0.0650. The Morgan fingerprint density at radius 2 is 1.93 bits per heavy atom. The van der Waals surface area contributed by atoms with Crippen LogP contribution in [0.2, 0.25) is 0 Å². The van der Waals surface area contributed by atoms with E-state index in [1.54, 1.807) is 7.11 Å². The molecule has 2 aliphatic heterocycles. The summed E-state index contributed by atoms with van der Waals surface area (Å²) < 4.78 is 5.39. The summed E-state index contributed by atoms with van der Waals surface area (Å²) in [5.74, 6) is 0.924. The van der Waals surface area contributed by atoms with Crippen molar-refractivity contribution in [3.05, 3.63) is 65.7 Å². The predicted molar refractivity (Wildman–Crippen MR) is 118 cm³/mol. The standard InChI is InChI=1S/C25H32N2O3/c1-30-22-10-6-5-9-20(22)13-14-26-24(29)17-27-21-11-12-23(27)25(16-21,18-28)15-19-7-3-2-4-8-19/h2-10,21,23,28H,11-18H2,1H3,(H,26,29)/t21-,23+,25-/m1/s1. The minimum Gasteiger partial charge on any atom is -0.496 e. The van der Waals surface area contributed by atoms with E-state index in [2.05, 4.69) is 34.5 Å². The highest BCUT2D eigenvalue weighted by Crippen LogP contribution is 2.51. The topological polar surface area (TPSA) is 61.8 Å². The molecule has 1 amide bonds. The van der Waals surface area contributed by atoms with Gasteiger partial charge >= 0.3 is 0 Å². The number of aliphatic hydroxyl groups is 1. The molecule has 2 saturated heterocycles. The fraction of sp³-hybridized carbons (Fsp3) is 0.480. The van der Waals surface area contributed by atoms with E-state index in [4.69, 9.17) is 4.74 Å². The molecule has 2 heterocycles. The van der Waals surface area contributed by atoms with Crippen molar-refractivity contribution in [3.8, 4) is 5.75 Å². The summed E-state index contributed by atoms with van der Waals surface area (Å²) in [6.45, 7) is 1.18. The number of nitrogens with one attached hydrogen (secondary N) is 1. The Labute approximate surface area is 179 Å². The SMILES string of the molecule is COc1ccccc1CCNC(=O)CN1[C@@H]2CC[C@H]1[C@](CO)(Cc1ccccc1)C2. The largest absolute Gasteiger partial charge is 0.496 e. The van der Waals surface area contributed by atoms with Crippen LogP contribution in [0.4, 0.5) is 0 Å². The van der Waals surface area contributed by atoms with Gasteiger partial charge in [-0.25, -0.2) is 0 Å². The van der Waals surface area contributed by atoms with Gasteiger partial charge < -0.3 is 15.2 Å². The van der Waals surface area contributed by atoms with Crippen molar-refractivity contribution < 1.29 is 14.6 Å². The third kappa shape index (κ3) is 4.23. The first-order valence-corrected chi connectivity index (χ1v) is 10.9. The van der Waals surface area contributed by atoms with Gasteiger partial charge in [-0.15, -0.1) is 0 Å². The Bertz CT molecular complexity index is 856. The molecule has 0 radical (unpaired) electrons. The van der Waals surface area contributed by atoms with Crippen molar-refractivity contribution in [1.29, 1.82) is 0 Å². The number of fused-ring (bicyclic) bond motifs is 2. The van der Waals surface area contributed by atoms with Crippen LogP contribution in [0, 0.1) is 5.41 Å². The highest BCUT2D eigenvalue weighted by atomic mass is 16.5. The summed E-state index contributed by atoms with van der Waals surface area (Å²) in [5.41, 5.74) is 2.23. The number of nitrogens with zero attached hydrogens (tertiary/aromatic N) is 1. The summed E-state index contributed by atoms with van der Waals surface area (Å²) >= 11 is 0. The summed E-state index contributed by atoms with van der Waals surface area (Å²) in [6, 6.07) is 19.0. The van der Waals surface area contributed by atoms with Crippen LogP contribution in [0.15, 0.2) is 54.6 Å². The molecule has 0 spiro atoms. The number of ether oxygens (including phenoxy) is 1. The third-order valence-electron chi connectivity index (χ3n) is 6.94. The predicted octanol–water partition coefficient (Wildman–Crippen LogP) is 2.81. The van der Waals surface area contributed by atoms with Gasteiger partial charge in [0.05, 0.1) is 20.3 Å². The highest BCUT2D eigenvalue weighted by molar-refractivity contribution is 5.78. The molecule has 2 aliphatic rings. The molecule has 5 heteroatoms. The summed E-state index contributed by atoms with van der Waals surface area (Å²) in [4.78, 5) is 15.0. The molecule has 0 saturated carbocycles. The van der Waals surface area contributed by atoms with Gasteiger partial charge in [0.2, 0.25) is 5.91 Å². The van der Waals surface area contributed by atoms with Crippen LogP contribution in [0.5, 0.6) is 5.75 Å². The number of carbonyl (C=O) groups excluding carboxylic acids is 1. The lowest BCUT2D eigenvalue weighted by atomic mass is 9.70. The molecule has 0 aromatic heterocycles. The minimum atomic E-state index is -0.137. The fourth-order valence-corrected chi connectivity index (χ4v) is 5.54. The maximum absolute atomic E-state index is 12.7. The number of rotatable bonds is 9. The molecule has 3 atom stereocenters. The smallest absolute Gasteiger partial charge is 0.234 e. The Morgan fingerprint density at radius 3 is 2.70 bits per heavy atom. The van der Waals surface area contributed by atoms with Crippen LogP contribution in [0.25, 0.3) is 0 Å². The van der Waals surface area contributed by atoms with E-state index < -0.39 is 0 Å². The second-order valence-electron chi connectivity index (χ2n) is 8.72. The number of aliphatic hydroxyl groups excluding tert-OH is 1. The number of amides is 1. The fourth-order valence-electron chi connectivity index (χ4n) is 5.54. The molecule has 2 fully saturated rings. The molecule has 2 N–H and O–H groups in total. The lowest BCUT2D eigenvalue weighted by molar-refractivity contribution is -0.122. The first kappa shape index (κ1) is 20.9. The zero-order valence-electron chi connectivity index (χ0n) is 17.7. The molecule has 30 heavy (non-hydrogen) atoms. The Kier molecular flexibility index (Phi) is 6.40. The van der Waals surface area contributed by atoms with E-state index >= 15 is 0 Å². The van der Waals surface area contributed by atoms with Gasteiger partial charge in [-0.1, -0.05) is 48.5 Å². The van der Waals surface area contributed by atoms with E-state index in [0.717, 1.165) is 43.4 Å². The molecule has 4 rings (SSSR count). The first-order chi connectivity index (χ1) is 14.6. The van der Waals surface area contributed by atoms with Gasteiger partial charge in [0.25, 0.3) is 0 Å². The average molecular weight is 409 g/mol. The first-order valence-electron chi connectivity index (χ1n) is 10.9. The monoisotopic (exact) mass is 408 g/mol. The Morgan fingerprint density at radius 1 is 1.17 bits per heavy atom. The van der Waals surface area contributed by atoms with Gasteiger partial charge in [0, 0.05) is 24.0 Å².